The van der Waals surface area contributed by atoms with E-state index >= 15 is 0 Å². The van der Waals surface area contributed by atoms with E-state index in [4.69, 9.17) is 4.98 Å². The normalized spacial score (nSPS) is 19.8. The van der Waals surface area contributed by atoms with Gasteiger partial charge in [-0.3, -0.25) is 14.5 Å². The van der Waals surface area contributed by atoms with Gasteiger partial charge in [-0.2, -0.15) is 0 Å². The van der Waals surface area contributed by atoms with E-state index in [9.17, 15) is 9.59 Å². The summed E-state index contributed by atoms with van der Waals surface area (Å²) in [6.07, 6.45) is 0.232. The van der Waals surface area contributed by atoms with Crippen LogP contribution < -0.4 is 9.80 Å². The van der Waals surface area contributed by atoms with E-state index in [1.54, 1.807) is 0 Å². The quantitative estimate of drug-likeness (QED) is 0.575. The van der Waals surface area contributed by atoms with Gasteiger partial charge in [0.15, 0.2) is 0 Å². The molecule has 0 saturated carbocycles. The number of imide groups is 1. The van der Waals surface area contributed by atoms with Crippen molar-refractivity contribution < 1.29 is 9.59 Å². The summed E-state index contributed by atoms with van der Waals surface area (Å²) in [5, 5.41) is 2.11. The Hall–Kier alpha value is -3.32. The van der Waals surface area contributed by atoms with Crippen LogP contribution in [0.3, 0.4) is 0 Å². The number of piperazine rings is 1. The van der Waals surface area contributed by atoms with Crippen molar-refractivity contribution in [1.82, 2.24) is 14.9 Å². The summed E-state index contributed by atoms with van der Waals surface area (Å²) in [6.45, 7) is 9.16. The second-order valence-corrected chi connectivity index (χ2v) is 9.22. The third-order valence-electron chi connectivity index (χ3n) is 6.57. The predicted molar refractivity (Wildman–Crippen MR) is 129 cm³/mol. The number of nitrogens with zero attached hydrogens (tertiary/aromatic N) is 5. The molecule has 5 rings (SSSR count). The van der Waals surface area contributed by atoms with Gasteiger partial charge < -0.3 is 4.90 Å². The van der Waals surface area contributed by atoms with Crippen LogP contribution in [0.25, 0.3) is 10.8 Å². The summed E-state index contributed by atoms with van der Waals surface area (Å²) in [5.74, 6) is 1.82. The van der Waals surface area contributed by atoms with E-state index in [-0.39, 0.29) is 24.2 Å². The van der Waals surface area contributed by atoms with Crippen molar-refractivity contribution in [3.8, 4) is 0 Å². The first-order chi connectivity index (χ1) is 15.9. The molecule has 0 N–H and O–H groups in total. The molecule has 33 heavy (non-hydrogen) atoms. The summed E-state index contributed by atoms with van der Waals surface area (Å²) in [5.41, 5.74) is 1.62. The number of anilines is 2. The van der Waals surface area contributed by atoms with Crippen LogP contribution in [0.2, 0.25) is 0 Å². The first-order valence-electron chi connectivity index (χ1n) is 11.6. The van der Waals surface area contributed by atoms with E-state index < -0.39 is 6.04 Å². The Bertz CT molecular complexity index is 1220. The number of hydrogen-bond acceptors (Lipinski definition) is 6. The van der Waals surface area contributed by atoms with Gasteiger partial charge in [0.2, 0.25) is 5.91 Å². The lowest BCUT2D eigenvalue weighted by molar-refractivity contribution is -0.123. The fraction of sp³-hybridized carbons (Fsp3) is 0.385. The number of amides is 2. The summed E-state index contributed by atoms with van der Waals surface area (Å²) >= 11 is 0. The highest BCUT2D eigenvalue weighted by Gasteiger charge is 2.43. The molecule has 0 aliphatic carbocycles. The lowest BCUT2D eigenvalue weighted by Crippen LogP contribution is -2.52. The molecule has 2 aromatic carbocycles. The fourth-order valence-electron chi connectivity index (χ4n) is 4.75. The largest absolute Gasteiger partial charge is 0.354 e. The fourth-order valence-corrected chi connectivity index (χ4v) is 4.75. The number of fused-ring (bicyclic) bond motifs is 1. The molecule has 3 heterocycles. The van der Waals surface area contributed by atoms with Gasteiger partial charge in [0, 0.05) is 43.9 Å². The Morgan fingerprint density at radius 1 is 0.909 bits per heavy atom. The number of rotatable bonds is 4. The number of aromatic nitrogens is 2. The Kier molecular flexibility index (Phi) is 5.58. The second kappa shape index (κ2) is 8.56. The Labute approximate surface area is 194 Å². The third kappa shape index (κ3) is 4.09. The standard InChI is InChI=1S/C26H29N5O2/c1-17(2)25-27-18(3)14-23(28-25)30-12-10-29(11-13-30)22-16-24(32)31(26(22)33)21-9-8-19-6-4-5-7-20(19)15-21/h4-9,14-15,17,22H,10-13,16H2,1-3H3. The average molecular weight is 444 g/mol. The van der Waals surface area contributed by atoms with Gasteiger partial charge in [0.1, 0.15) is 11.6 Å². The highest BCUT2D eigenvalue weighted by Crippen LogP contribution is 2.29. The van der Waals surface area contributed by atoms with Crippen LogP contribution in [0.5, 0.6) is 0 Å². The zero-order valence-corrected chi connectivity index (χ0v) is 19.4. The molecule has 0 spiro atoms. The Balaban J connectivity index is 1.29. The Morgan fingerprint density at radius 3 is 2.36 bits per heavy atom. The molecular weight excluding hydrogens is 414 g/mol. The molecule has 3 aromatic rings. The highest BCUT2D eigenvalue weighted by molar-refractivity contribution is 6.22. The van der Waals surface area contributed by atoms with E-state index in [0.717, 1.165) is 54.3 Å². The maximum absolute atomic E-state index is 13.3. The SMILES string of the molecule is Cc1cc(N2CCN(C3CC(=O)N(c4ccc5ccccc5c4)C3=O)CC2)nc(C(C)C)n1. The van der Waals surface area contributed by atoms with Crippen molar-refractivity contribution >= 4 is 34.1 Å². The lowest BCUT2D eigenvalue weighted by atomic mass is 10.1. The topological polar surface area (TPSA) is 69.6 Å². The first kappa shape index (κ1) is 21.5. The summed E-state index contributed by atoms with van der Waals surface area (Å²) in [4.78, 5) is 41.2. The smallest absolute Gasteiger partial charge is 0.251 e. The van der Waals surface area contributed by atoms with E-state index in [2.05, 4.69) is 28.6 Å². The van der Waals surface area contributed by atoms with Gasteiger partial charge in [-0.25, -0.2) is 14.9 Å². The zero-order chi connectivity index (χ0) is 23.1. The van der Waals surface area contributed by atoms with Gasteiger partial charge in [-0.1, -0.05) is 44.2 Å². The summed E-state index contributed by atoms with van der Waals surface area (Å²) in [7, 11) is 0. The van der Waals surface area contributed by atoms with E-state index in [0.29, 0.717) is 5.69 Å². The van der Waals surface area contributed by atoms with E-state index in [1.807, 2.05) is 55.5 Å². The molecule has 7 heteroatoms. The van der Waals surface area contributed by atoms with Gasteiger partial charge in [-0.05, 0) is 29.8 Å². The minimum absolute atomic E-state index is 0.122. The number of carbonyl (C=O) groups excluding carboxylic acids is 2. The molecular formula is C26H29N5O2. The lowest BCUT2D eigenvalue weighted by Gasteiger charge is -2.37. The van der Waals surface area contributed by atoms with Crippen LogP contribution in [-0.2, 0) is 9.59 Å². The molecule has 1 unspecified atom stereocenters. The van der Waals surface area contributed by atoms with Crippen molar-refractivity contribution in [3.05, 3.63) is 60.0 Å². The van der Waals surface area contributed by atoms with Crippen LogP contribution in [-0.4, -0.2) is 58.9 Å². The van der Waals surface area contributed by atoms with Crippen LogP contribution in [0, 0.1) is 6.92 Å². The number of carbonyl (C=O) groups is 2. The van der Waals surface area contributed by atoms with Gasteiger partial charge in [0.25, 0.3) is 5.91 Å². The molecule has 2 saturated heterocycles. The highest BCUT2D eigenvalue weighted by atomic mass is 16.2. The number of hydrogen-bond donors (Lipinski definition) is 0. The van der Waals surface area contributed by atoms with Gasteiger partial charge in [-0.15, -0.1) is 0 Å². The molecule has 2 aliphatic rings. The molecule has 2 amide bonds. The van der Waals surface area contributed by atoms with Crippen LogP contribution in [0.1, 0.15) is 37.7 Å². The molecule has 1 atom stereocenters. The molecule has 2 fully saturated rings. The summed E-state index contributed by atoms with van der Waals surface area (Å²) < 4.78 is 0. The average Bonchev–Trinajstić information content (AvgIpc) is 3.12. The maximum Gasteiger partial charge on any atom is 0.251 e. The van der Waals surface area contributed by atoms with Gasteiger partial charge in [0.05, 0.1) is 18.2 Å². The van der Waals surface area contributed by atoms with Crippen LogP contribution >= 0.6 is 0 Å². The minimum atomic E-state index is -0.399. The molecule has 1 aromatic heterocycles. The first-order valence-corrected chi connectivity index (χ1v) is 11.6. The van der Waals surface area contributed by atoms with Crippen molar-refractivity contribution in [1.29, 1.82) is 0 Å². The van der Waals surface area contributed by atoms with Crippen LogP contribution in [0.15, 0.2) is 48.5 Å². The third-order valence-corrected chi connectivity index (χ3v) is 6.57. The van der Waals surface area contributed by atoms with Crippen molar-refractivity contribution in [3.63, 3.8) is 0 Å². The molecule has 7 nitrogen and oxygen atoms in total. The second-order valence-electron chi connectivity index (χ2n) is 9.22. The zero-order valence-electron chi connectivity index (χ0n) is 19.4. The molecule has 2 aliphatic heterocycles. The van der Waals surface area contributed by atoms with Crippen molar-refractivity contribution in [2.24, 2.45) is 0 Å². The maximum atomic E-state index is 13.3. The van der Waals surface area contributed by atoms with Gasteiger partial charge >= 0.3 is 0 Å². The minimum Gasteiger partial charge on any atom is -0.354 e. The molecule has 0 radical (unpaired) electrons. The number of aryl methyl sites for hydroxylation is 1. The predicted octanol–water partition coefficient (Wildman–Crippen LogP) is 3.52. The number of benzene rings is 2. The molecule has 170 valence electrons. The van der Waals surface area contributed by atoms with E-state index in [1.165, 1.54) is 4.90 Å². The Morgan fingerprint density at radius 2 is 1.64 bits per heavy atom. The summed E-state index contributed by atoms with van der Waals surface area (Å²) in [6, 6.07) is 15.3. The monoisotopic (exact) mass is 443 g/mol. The van der Waals surface area contributed by atoms with Crippen LogP contribution in [0.4, 0.5) is 11.5 Å². The van der Waals surface area contributed by atoms with Crippen molar-refractivity contribution in [2.75, 3.05) is 36.0 Å². The van der Waals surface area contributed by atoms with Crippen molar-refractivity contribution in [2.45, 2.75) is 39.2 Å². The molecule has 0 bridgehead atoms.